The molecule has 25 heavy (non-hydrogen) atoms. The van der Waals surface area contributed by atoms with Crippen LogP contribution in [0.25, 0.3) is 0 Å². The molecule has 0 aliphatic carbocycles. The Hall–Kier alpha value is -2.46. The Balaban J connectivity index is 1.82. The number of hydrogen-bond acceptors (Lipinski definition) is 3. The molecular formula is C21H24N2O2. The minimum absolute atomic E-state index is 0.122. The van der Waals surface area contributed by atoms with E-state index in [1.165, 1.54) is 10.5 Å². The van der Waals surface area contributed by atoms with Gasteiger partial charge in [0, 0.05) is 6.54 Å². The fourth-order valence-electron chi connectivity index (χ4n) is 3.45. The third-order valence-electron chi connectivity index (χ3n) is 4.87. The van der Waals surface area contributed by atoms with Gasteiger partial charge in [-0.3, -0.25) is 14.5 Å². The summed E-state index contributed by atoms with van der Waals surface area (Å²) in [7, 11) is 1.91. The first kappa shape index (κ1) is 17.4. The van der Waals surface area contributed by atoms with Gasteiger partial charge in [0.15, 0.2) is 0 Å². The minimum atomic E-state index is -0.409. The maximum absolute atomic E-state index is 13.0. The second-order valence-corrected chi connectivity index (χ2v) is 6.93. The summed E-state index contributed by atoms with van der Waals surface area (Å²) in [5, 5.41) is 0. The minimum Gasteiger partial charge on any atom is -0.290 e. The Morgan fingerprint density at radius 3 is 2.20 bits per heavy atom. The second-order valence-electron chi connectivity index (χ2n) is 6.93. The molecule has 0 saturated carbocycles. The summed E-state index contributed by atoms with van der Waals surface area (Å²) in [4.78, 5) is 28.9. The normalized spacial score (nSPS) is 17.6. The van der Waals surface area contributed by atoms with E-state index in [-0.39, 0.29) is 18.2 Å². The van der Waals surface area contributed by atoms with E-state index in [2.05, 4.69) is 31.2 Å². The number of likely N-dealkylation sites (N-methyl/N-ethyl adjacent to an activating group) is 1. The second kappa shape index (κ2) is 6.81. The summed E-state index contributed by atoms with van der Waals surface area (Å²) in [6.07, 6.45) is 0.231. The van der Waals surface area contributed by atoms with Gasteiger partial charge in [-0.2, -0.15) is 0 Å². The van der Waals surface area contributed by atoms with Crippen LogP contribution in [0.3, 0.4) is 0 Å². The van der Waals surface area contributed by atoms with Crippen molar-refractivity contribution in [3.63, 3.8) is 0 Å². The first-order valence-corrected chi connectivity index (χ1v) is 8.57. The molecule has 0 radical (unpaired) electrons. The summed E-state index contributed by atoms with van der Waals surface area (Å²) < 4.78 is 0. The SMILES string of the molecule is Cc1ccc(CN(C)C2CC(=O)N(c3c(C)cccc3C)C2=O)cc1. The van der Waals surface area contributed by atoms with Crippen molar-refractivity contribution < 1.29 is 9.59 Å². The molecule has 1 atom stereocenters. The van der Waals surface area contributed by atoms with Crippen LogP contribution in [0.1, 0.15) is 28.7 Å². The van der Waals surface area contributed by atoms with E-state index in [1.54, 1.807) is 0 Å². The number of rotatable bonds is 4. The highest BCUT2D eigenvalue weighted by molar-refractivity contribution is 6.23. The molecule has 1 heterocycles. The van der Waals surface area contributed by atoms with Gasteiger partial charge >= 0.3 is 0 Å². The van der Waals surface area contributed by atoms with Crippen molar-refractivity contribution in [2.45, 2.75) is 39.8 Å². The Morgan fingerprint density at radius 1 is 1.00 bits per heavy atom. The van der Waals surface area contributed by atoms with Gasteiger partial charge in [0.05, 0.1) is 18.2 Å². The van der Waals surface area contributed by atoms with Gasteiger partial charge in [-0.15, -0.1) is 0 Å². The predicted molar refractivity (Wildman–Crippen MR) is 99.5 cm³/mol. The molecule has 2 aromatic carbocycles. The zero-order chi connectivity index (χ0) is 18.1. The van der Waals surface area contributed by atoms with Gasteiger partial charge in [-0.25, -0.2) is 4.90 Å². The zero-order valence-corrected chi connectivity index (χ0v) is 15.2. The lowest BCUT2D eigenvalue weighted by molar-refractivity contribution is -0.122. The number of nitrogens with zero attached hydrogens (tertiary/aromatic N) is 2. The van der Waals surface area contributed by atoms with E-state index < -0.39 is 6.04 Å². The fraction of sp³-hybridized carbons (Fsp3) is 0.333. The number of anilines is 1. The van der Waals surface area contributed by atoms with Crippen molar-refractivity contribution in [3.8, 4) is 0 Å². The predicted octanol–water partition coefficient (Wildman–Crippen LogP) is 3.38. The number of benzene rings is 2. The molecule has 1 aliphatic heterocycles. The van der Waals surface area contributed by atoms with Crippen molar-refractivity contribution in [1.29, 1.82) is 0 Å². The number of hydrogen-bond donors (Lipinski definition) is 0. The third-order valence-corrected chi connectivity index (χ3v) is 4.87. The Bertz CT molecular complexity index is 791. The van der Waals surface area contributed by atoms with Crippen molar-refractivity contribution >= 4 is 17.5 Å². The van der Waals surface area contributed by atoms with Crippen LogP contribution in [0.5, 0.6) is 0 Å². The van der Waals surface area contributed by atoms with Crippen LogP contribution in [-0.4, -0.2) is 29.8 Å². The summed E-state index contributed by atoms with van der Waals surface area (Å²) >= 11 is 0. The molecule has 2 amide bonds. The largest absolute Gasteiger partial charge is 0.290 e. The average molecular weight is 336 g/mol. The summed E-state index contributed by atoms with van der Waals surface area (Å²) in [5.74, 6) is -0.250. The first-order valence-electron chi connectivity index (χ1n) is 8.57. The topological polar surface area (TPSA) is 40.6 Å². The van der Waals surface area contributed by atoms with Crippen LogP contribution in [0.4, 0.5) is 5.69 Å². The molecule has 1 fully saturated rings. The van der Waals surface area contributed by atoms with E-state index in [0.717, 1.165) is 22.4 Å². The van der Waals surface area contributed by atoms with Crippen molar-refractivity contribution in [2.24, 2.45) is 0 Å². The van der Waals surface area contributed by atoms with Gasteiger partial charge in [0.1, 0.15) is 0 Å². The number of aryl methyl sites for hydroxylation is 3. The Morgan fingerprint density at radius 2 is 1.60 bits per heavy atom. The van der Waals surface area contributed by atoms with Gasteiger partial charge in [-0.1, -0.05) is 48.0 Å². The van der Waals surface area contributed by atoms with E-state index in [1.807, 2.05) is 44.0 Å². The van der Waals surface area contributed by atoms with Crippen LogP contribution < -0.4 is 4.90 Å². The quantitative estimate of drug-likeness (QED) is 0.804. The highest BCUT2D eigenvalue weighted by Crippen LogP contribution is 2.31. The zero-order valence-electron chi connectivity index (χ0n) is 15.2. The van der Waals surface area contributed by atoms with Crippen LogP contribution in [-0.2, 0) is 16.1 Å². The highest BCUT2D eigenvalue weighted by atomic mass is 16.2. The molecule has 0 spiro atoms. The van der Waals surface area contributed by atoms with Crippen LogP contribution in [0, 0.1) is 20.8 Å². The molecule has 0 bridgehead atoms. The van der Waals surface area contributed by atoms with Crippen molar-refractivity contribution in [2.75, 3.05) is 11.9 Å². The van der Waals surface area contributed by atoms with Gasteiger partial charge in [0.25, 0.3) is 5.91 Å². The Kier molecular flexibility index (Phi) is 4.73. The van der Waals surface area contributed by atoms with Crippen LogP contribution >= 0.6 is 0 Å². The molecule has 1 saturated heterocycles. The molecular weight excluding hydrogens is 312 g/mol. The van der Waals surface area contributed by atoms with E-state index in [9.17, 15) is 9.59 Å². The van der Waals surface area contributed by atoms with E-state index in [0.29, 0.717) is 6.54 Å². The summed E-state index contributed by atoms with van der Waals surface area (Å²) in [5.41, 5.74) is 4.98. The molecule has 1 unspecified atom stereocenters. The molecule has 1 aliphatic rings. The molecule has 130 valence electrons. The first-order chi connectivity index (χ1) is 11.9. The fourth-order valence-corrected chi connectivity index (χ4v) is 3.45. The average Bonchev–Trinajstić information content (AvgIpc) is 2.85. The van der Waals surface area contributed by atoms with Crippen molar-refractivity contribution in [3.05, 3.63) is 64.7 Å². The molecule has 0 N–H and O–H groups in total. The maximum atomic E-state index is 13.0. The van der Waals surface area contributed by atoms with Crippen LogP contribution in [0.15, 0.2) is 42.5 Å². The summed E-state index contributed by atoms with van der Waals surface area (Å²) in [6.45, 7) is 6.57. The lowest BCUT2D eigenvalue weighted by Gasteiger charge is -2.24. The number of amides is 2. The molecule has 0 aromatic heterocycles. The molecule has 4 heteroatoms. The number of carbonyl (C=O) groups excluding carboxylic acids is 2. The lowest BCUT2D eigenvalue weighted by atomic mass is 10.1. The maximum Gasteiger partial charge on any atom is 0.251 e. The van der Waals surface area contributed by atoms with Crippen molar-refractivity contribution in [1.82, 2.24) is 4.90 Å². The molecule has 4 nitrogen and oxygen atoms in total. The van der Waals surface area contributed by atoms with Gasteiger partial charge in [-0.05, 0) is 44.5 Å². The van der Waals surface area contributed by atoms with Gasteiger partial charge < -0.3 is 0 Å². The number of para-hydroxylation sites is 1. The monoisotopic (exact) mass is 336 g/mol. The third kappa shape index (κ3) is 3.35. The van der Waals surface area contributed by atoms with Crippen LogP contribution in [0.2, 0.25) is 0 Å². The van der Waals surface area contributed by atoms with E-state index >= 15 is 0 Å². The molecule has 3 rings (SSSR count). The number of carbonyl (C=O) groups is 2. The van der Waals surface area contributed by atoms with Gasteiger partial charge in [0.2, 0.25) is 5.91 Å². The number of imide groups is 1. The summed E-state index contributed by atoms with van der Waals surface area (Å²) in [6, 6.07) is 13.7. The molecule has 2 aromatic rings. The lowest BCUT2D eigenvalue weighted by Crippen LogP contribution is -2.40. The van der Waals surface area contributed by atoms with E-state index in [4.69, 9.17) is 0 Å². The standard InChI is InChI=1S/C21H24N2O2/c1-14-8-10-17(11-9-14)13-22(4)18-12-19(24)23(21(18)25)20-15(2)6-5-7-16(20)3/h5-11,18H,12-13H2,1-4H3. The Labute approximate surface area is 149 Å². The highest BCUT2D eigenvalue weighted by Gasteiger charge is 2.42. The smallest absolute Gasteiger partial charge is 0.251 e.